The van der Waals surface area contributed by atoms with Crippen LogP contribution in [-0.2, 0) is 0 Å². The number of hydrogen-bond acceptors (Lipinski definition) is 2. The maximum atomic E-state index is 12.9. The number of hydrogen-bond donors (Lipinski definition) is 0. The van der Waals surface area contributed by atoms with Crippen LogP contribution in [0.2, 0.25) is 0 Å². The van der Waals surface area contributed by atoms with Crippen LogP contribution in [-0.4, -0.2) is 16.9 Å². The lowest BCUT2D eigenvalue weighted by Crippen LogP contribution is -2.33. The summed E-state index contributed by atoms with van der Waals surface area (Å²) in [6.45, 7) is 0. The van der Waals surface area contributed by atoms with E-state index in [2.05, 4.69) is 4.98 Å². The number of amides is 1. The maximum absolute atomic E-state index is 12.9. The molecule has 0 atom stereocenters. The van der Waals surface area contributed by atoms with Crippen molar-refractivity contribution < 1.29 is 9.18 Å². The van der Waals surface area contributed by atoms with Crippen molar-refractivity contribution in [2.45, 2.75) is 18.9 Å². The van der Waals surface area contributed by atoms with Gasteiger partial charge in [-0.25, -0.2) is 9.37 Å². The number of rotatable bonds is 3. The number of aromatic nitrogens is 1. The van der Waals surface area contributed by atoms with Gasteiger partial charge in [-0.3, -0.25) is 9.69 Å². The van der Waals surface area contributed by atoms with Crippen molar-refractivity contribution in [1.82, 2.24) is 4.98 Å². The summed E-state index contributed by atoms with van der Waals surface area (Å²) in [4.78, 5) is 18.4. The van der Waals surface area contributed by atoms with E-state index in [0.29, 0.717) is 11.4 Å². The van der Waals surface area contributed by atoms with Crippen LogP contribution in [0.4, 0.5) is 10.2 Å². The van der Waals surface area contributed by atoms with Crippen molar-refractivity contribution in [3.63, 3.8) is 0 Å². The second-order valence-electron chi connectivity index (χ2n) is 4.60. The molecular formula is C15H13FN2O. The van der Waals surface area contributed by atoms with Crippen LogP contribution in [0.25, 0.3) is 0 Å². The zero-order chi connectivity index (χ0) is 13.2. The van der Waals surface area contributed by atoms with E-state index in [-0.39, 0.29) is 17.8 Å². The molecule has 0 saturated heterocycles. The van der Waals surface area contributed by atoms with Gasteiger partial charge in [0, 0.05) is 17.8 Å². The van der Waals surface area contributed by atoms with Crippen LogP contribution in [0.1, 0.15) is 23.2 Å². The van der Waals surface area contributed by atoms with E-state index >= 15 is 0 Å². The molecule has 0 N–H and O–H groups in total. The Morgan fingerprint density at radius 2 is 1.89 bits per heavy atom. The highest BCUT2D eigenvalue weighted by Gasteiger charge is 2.34. The maximum Gasteiger partial charge on any atom is 0.259 e. The topological polar surface area (TPSA) is 33.2 Å². The summed E-state index contributed by atoms with van der Waals surface area (Å²) in [5.74, 6) is 0.188. The average Bonchev–Trinajstić information content (AvgIpc) is 3.25. The Labute approximate surface area is 110 Å². The van der Waals surface area contributed by atoms with Gasteiger partial charge in [0.1, 0.15) is 11.6 Å². The molecule has 1 aliphatic carbocycles. The molecule has 1 saturated carbocycles. The molecule has 0 bridgehead atoms. The number of halogens is 1. The summed E-state index contributed by atoms with van der Waals surface area (Å²) in [6.07, 6.45) is 3.65. The minimum atomic E-state index is -0.340. The van der Waals surface area contributed by atoms with Gasteiger partial charge in [0.05, 0.1) is 0 Å². The molecule has 3 rings (SSSR count). The van der Waals surface area contributed by atoms with Crippen molar-refractivity contribution >= 4 is 11.7 Å². The molecular weight excluding hydrogens is 243 g/mol. The first kappa shape index (κ1) is 11.8. The summed E-state index contributed by atoms with van der Waals surface area (Å²) in [5.41, 5.74) is 0.485. The Kier molecular flexibility index (Phi) is 2.99. The van der Waals surface area contributed by atoms with Gasteiger partial charge < -0.3 is 0 Å². The van der Waals surface area contributed by atoms with Crippen molar-refractivity contribution in [3.05, 3.63) is 60.0 Å². The third-order valence-corrected chi connectivity index (χ3v) is 3.12. The fraction of sp³-hybridized carbons (Fsp3) is 0.200. The van der Waals surface area contributed by atoms with E-state index in [0.717, 1.165) is 12.8 Å². The van der Waals surface area contributed by atoms with Gasteiger partial charge in [0.15, 0.2) is 0 Å². The fourth-order valence-electron chi connectivity index (χ4n) is 2.02. The van der Waals surface area contributed by atoms with Crippen LogP contribution < -0.4 is 4.90 Å². The van der Waals surface area contributed by atoms with E-state index in [1.54, 1.807) is 11.1 Å². The summed E-state index contributed by atoms with van der Waals surface area (Å²) in [6, 6.07) is 11.3. The van der Waals surface area contributed by atoms with Crippen LogP contribution >= 0.6 is 0 Å². The molecule has 1 fully saturated rings. The number of carbonyl (C=O) groups is 1. The third-order valence-electron chi connectivity index (χ3n) is 3.12. The lowest BCUT2D eigenvalue weighted by atomic mass is 10.2. The minimum Gasteiger partial charge on any atom is -0.290 e. The molecule has 0 radical (unpaired) electrons. The highest BCUT2D eigenvalue weighted by atomic mass is 19.1. The van der Waals surface area contributed by atoms with Crippen LogP contribution in [0, 0.1) is 5.82 Å². The van der Waals surface area contributed by atoms with Gasteiger partial charge in [0.25, 0.3) is 5.91 Å². The van der Waals surface area contributed by atoms with Gasteiger partial charge >= 0.3 is 0 Å². The van der Waals surface area contributed by atoms with Gasteiger partial charge in [-0.1, -0.05) is 6.07 Å². The SMILES string of the molecule is O=C(c1ccc(F)cc1)N(c1ccccn1)C1CC1. The molecule has 0 unspecified atom stereocenters. The number of benzene rings is 1. The number of pyridine rings is 1. The molecule has 2 aromatic rings. The van der Waals surface area contributed by atoms with Crippen molar-refractivity contribution in [2.75, 3.05) is 4.90 Å². The Morgan fingerprint density at radius 3 is 2.47 bits per heavy atom. The van der Waals surface area contributed by atoms with E-state index in [9.17, 15) is 9.18 Å². The monoisotopic (exact) mass is 256 g/mol. The summed E-state index contributed by atoms with van der Waals surface area (Å²) < 4.78 is 12.9. The van der Waals surface area contributed by atoms with Crippen molar-refractivity contribution in [1.29, 1.82) is 0 Å². The molecule has 0 aliphatic heterocycles. The zero-order valence-electron chi connectivity index (χ0n) is 10.3. The standard InChI is InChI=1S/C15H13FN2O/c16-12-6-4-11(5-7-12)15(19)18(13-8-9-13)14-3-1-2-10-17-14/h1-7,10,13H,8-9H2. The summed E-state index contributed by atoms with van der Waals surface area (Å²) in [7, 11) is 0. The van der Waals surface area contributed by atoms with Gasteiger partial charge in [-0.2, -0.15) is 0 Å². The second-order valence-corrected chi connectivity index (χ2v) is 4.60. The molecule has 4 heteroatoms. The minimum absolute atomic E-state index is 0.124. The number of anilines is 1. The van der Waals surface area contributed by atoms with Crippen molar-refractivity contribution in [2.24, 2.45) is 0 Å². The fourth-order valence-corrected chi connectivity index (χ4v) is 2.02. The molecule has 1 aromatic heterocycles. The molecule has 19 heavy (non-hydrogen) atoms. The Balaban J connectivity index is 1.92. The second kappa shape index (κ2) is 4.80. The molecule has 1 aliphatic rings. The first-order chi connectivity index (χ1) is 9.25. The predicted molar refractivity (Wildman–Crippen MR) is 70.5 cm³/mol. The number of nitrogens with zero attached hydrogens (tertiary/aromatic N) is 2. The number of carbonyl (C=O) groups excluding carboxylic acids is 1. The molecule has 1 aromatic carbocycles. The Bertz CT molecular complexity index is 579. The first-order valence-corrected chi connectivity index (χ1v) is 6.26. The Hall–Kier alpha value is -2.23. The van der Waals surface area contributed by atoms with Crippen molar-refractivity contribution in [3.8, 4) is 0 Å². The highest BCUT2D eigenvalue weighted by molar-refractivity contribution is 6.06. The molecule has 0 spiro atoms. The normalized spacial score (nSPS) is 14.2. The predicted octanol–water partition coefficient (Wildman–Crippen LogP) is 3.03. The van der Waals surface area contributed by atoms with Crippen LogP contribution in [0.15, 0.2) is 48.7 Å². The zero-order valence-corrected chi connectivity index (χ0v) is 10.3. The average molecular weight is 256 g/mol. The summed E-state index contributed by atoms with van der Waals surface area (Å²) >= 11 is 0. The summed E-state index contributed by atoms with van der Waals surface area (Å²) in [5, 5.41) is 0. The van der Waals surface area contributed by atoms with E-state index in [1.165, 1.54) is 24.3 Å². The lowest BCUT2D eigenvalue weighted by Gasteiger charge is -2.21. The highest BCUT2D eigenvalue weighted by Crippen LogP contribution is 2.31. The molecule has 1 amide bonds. The van der Waals surface area contributed by atoms with Crippen LogP contribution in [0.5, 0.6) is 0 Å². The largest absolute Gasteiger partial charge is 0.290 e. The van der Waals surface area contributed by atoms with Gasteiger partial charge in [-0.05, 0) is 49.2 Å². The third kappa shape index (κ3) is 2.47. The van der Waals surface area contributed by atoms with E-state index < -0.39 is 0 Å². The van der Waals surface area contributed by atoms with Gasteiger partial charge in [0.2, 0.25) is 0 Å². The van der Waals surface area contributed by atoms with Gasteiger partial charge in [-0.15, -0.1) is 0 Å². The lowest BCUT2D eigenvalue weighted by molar-refractivity contribution is 0.0984. The smallest absolute Gasteiger partial charge is 0.259 e. The Morgan fingerprint density at radius 1 is 1.16 bits per heavy atom. The van der Waals surface area contributed by atoms with E-state index in [1.807, 2.05) is 18.2 Å². The molecule has 3 nitrogen and oxygen atoms in total. The quantitative estimate of drug-likeness (QED) is 0.845. The molecule has 1 heterocycles. The van der Waals surface area contributed by atoms with E-state index in [4.69, 9.17) is 0 Å². The first-order valence-electron chi connectivity index (χ1n) is 6.26. The van der Waals surface area contributed by atoms with Crippen LogP contribution in [0.3, 0.4) is 0 Å². The molecule has 96 valence electrons.